The molecule has 0 bridgehead atoms. The zero-order valence-electron chi connectivity index (χ0n) is 10.2. The predicted molar refractivity (Wildman–Crippen MR) is 65.3 cm³/mol. The molecule has 0 fully saturated rings. The monoisotopic (exact) mass is 265 g/mol. The molecule has 0 unspecified atom stereocenters. The smallest absolute Gasteiger partial charge is 0.273 e. The van der Waals surface area contributed by atoms with Gasteiger partial charge in [-0.05, 0) is 13.0 Å². The number of aromatic hydroxyl groups is 1. The molecule has 0 amide bonds. The van der Waals surface area contributed by atoms with E-state index >= 15 is 0 Å². The van der Waals surface area contributed by atoms with Crippen molar-refractivity contribution in [2.24, 2.45) is 10.2 Å². The van der Waals surface area contributed by atoms with Crippen LogP contribution in [0.3, 0.4) is 0 Å². The third-order valence-electron chi connectivity index (χ3n) is 2.10. The maximum atomic E-state index is 11.1. The largest absolute Gasteiger partial charge is 0.510 e. The van der Waals surface area contributed by atoms with Crippen LogP contribution >= 0.6 is 0 Å². The third kappa shape index (κ3) is 3.60. The number of ketones is 1. The van der Waals surface area contributed by atoms with Crippen molar-refractivity contribution < 1.29 is 19.9 Å². The highest BCUT2D eigenvalue weighted by atomic mass is 16.6. The summed E-state index contributed by atoms with van der Waals surface area (Å²) in [6, 6.07) is 3.23. The third-order valence-corrected chi connectivity index (χ3v) is 2.10. The number of nitro groups is 1. The molecule has 19 heavy (non-hydrogen) atoms. The van der Waals surface area contributed by atoms with E-state index < -0.39 is 16.5 Å². The number of non-ortho nitro benzene ring substituents is 1. The zero-order valence-corrected chi connectivity index (χ0v) is 10.2. The highest BCUT2D eigenvalue weighted by molar-refractivity contribution is 5.93. The number of azo groups is 1. The minimum Gasteiger partial charge on any atom is -0.510 e. The Kier molecular flexibility index (Phi) is 4.30. The normalized spacial score (nSPS) is 12.3. The minimum absolute atomic E-state index is 0.0504. The Hall–Kier alpha value is -2.77. The van der Waals surface area contributed by atoms with Gasteiger partial charge in [-0.25, -0.2) is 0 Å². The molecule has 0 aliphatic rings. The molecule has 100 valence electrons. The Bertz CT molecular complexity index is 588. The molecular weight excluding hydrogens is 254 g/mol. The fourth-order valence-electron chi connectivity index (χ4n) is 1.21. The average Bonchev–Trinajstić information content (AvgIpc) is 2.29. The number of benzene rings is 1. The second-order valence-electron chi connectivity index (χ2n) is 3.62. The van der Waals surface area contributed by atoms with Crippen molar-refractivity contribution >= 4 is 17.2 Å². The zero-order chi connectivity index (χ0) is 14.6. The number of allylic oxidation sites excluding steroid dienone is 2. The van der Waals surface area contributed by atoms with E-state index in [-0.39, 0.29) is 22.8 Å². The van der Waals surface area contributed by atoms with Gasteiger partial charge in [-0.15, -0.1) is 10.2 Å². The quantitative estimate of drug-likeness (QED) is 0.284. The summed E-state index contributed by atoms with van der Waals surface area (Å²) in [6.45, 7) is 2.47. The molecule has 1 aromatic carbocycles. The van der Waals surface area contributed by atoms with Crippen molar-refractivity contribution in [1.29, 1.82) is 0 Å². The van der Waals surface area contributed by atoms with E-state index in [0.717, 1.165) is 12.1 Å². The first kappa shape index (κ1) is 14.3. The van der Waals surface area contributed by atoms with Gasteiger partial charge < -0.3 is 10.2 Å². The summed E-state index contributed by atoms with van der Waals surface area (Å²) >= 11 is 0. The SMILES string of the molecule is CC(=O)/C(N=Nc1ccc([N+](=O)[O-])cc1O)=C(/C)O. The first-order valence-corrected chi connectivity index (χ1v) is 5.13. The Morgan fingerprint density at radius 3 is 2.42 bits per heavy atom. The number of carbonyl (C=O) groups is 1. The van der Waals surface area contributed by atoms with E-state index in [0.29, 0.717) is 0 Å². The van der Waals surface area contributed by atoms with E-state index in [1.165, 1.54) is 19.9 Å². The highest BCUT2D eigenvalue weighted by Gasteiger charge is 2.11. The number of phenols is 1. The molecule has 2 N–H and O–H groups in total. The lowest BCUT2D eigenvalue weighted by molar-refractivity contribution is -0.384. The van der Waals surface area contributed by atoms with E-state index in [1.54, 1.807) is 0 Å². The maximum absolute atomic E-state index is 11.1. The molecule has 0 heterocycles. The van der Waals surface area contributed by atoms with E-state index in [4.69, 9.17) is 0 Å². The van der Waals surface area contributed by atoms with Crippen LogP contribution in [-0.2, 0) is 4.79 Å². The summed E-state index contributed by atoms with van der Waals surface area (Å²) in [6.07, 6.45) is 0. The number of phenolic OH excluding ortho intramolecular Hbond substituents is 1. The molecule has 0 aliphatic heterocycles. The van der Waals surface area contributed by atoms with Crippen molar-refractivity contribution in [2.45, 2.75) is 13.8 Å². The van der Waals surface area contributed by atoms with Gasteiger partial charge in [0.25, 0.3) is 5.69 Å². The number of hydrogen-bond donors (Lipinski definition) is 2. The molecule has 1 aromatic rings. The lowest BCUT2D eigenvalue weighted by Crippen LogP contribution is -1.96. The van der Waals surface area contributed by atoms with Crippen molar-refractivity contribution in [3.8, 4) is 5.75 Å². The van der Waals surface area contributed by atoms with Gasteiger partial charge in [0.05, 0.1) is 11.0 Å². The minimum atomic E-state index is -0.667. The van der Waals surface area contributed by atoms with Gasteiger partial charge in [0.15, 0.2) is 11.5 Å². The number of aliphatic hydroxyl groups is 1. The van der Waals surface area contributed by atoms with Gasteiger partial charge in [-0.3, -0.25) is 14.9 Å². The number of aliphatic hydroxyl groups excluding tert-OH is 1. The van der Waals surface area contributed by atoms with Crippen LogP contribution in [-0.4, -0.2) is 20.9 Å². The topological polar surface area (TPSA) is 125 Å². The summed E-state index contributed by atoms with van der Waals surface area (Å²) in [5.41, 5.74) is -0.597. The van der Waals surface area contributed by atoms with Crippen molar-refractivity contribution in [2.75, 3.05) is 0 Å². The number of nitro benzene ring substituents is 1. The van der Waals surface area contributed by atoms with Gasteiger partial charge in [0.2, 0.25) is 0 Å². The fourth-order valence-corrected chi connectivity index (χ4v) is 1.21. The number of rotatable bonds is 4. The Labute approximate surface area is 107 Å². The molecule has 1 rings (SSSR count). The lowest BCUT2D eigenvalue weighted by atomic mass is 10.2. The lowest BCUT2D eigenvalue weighted by Gasteiger charge is -1.99. The van der Waals surface area contributed by atoms with Crippen LogP contribution in [0.5, 0.6) is 5.75 Å². The van der Waals surface area contributed by atoms with Gasteiger partial charge in [-0.1, -0.05) is 0 Å². The Morgan fingerprint density at radius 2 is 2.00 bits per heavy atom. The summed E-state index contributed by atoms with van der Waals surface area (Å²) in [5.74, 6) is -1.25. The first-order chi connectivity index (χ1) is 8.82. The van der Waals surface area contributed by atoms with Crippen LogP contribution in [0, 0.1) is 10.1 Å². The number of carbonyl (C=O) groups excluding carboxylic acids is 1. The highest BCUT2D eigenvalue weighted by Crippen LogP contribution is 2.31. The summed E-state index contributed by atoms with van der Waals surface area (Å²) in [5, 5.41) is 36.2. The van der Waals surface area contributed by atoms with Crippen LogP contribution in [0.4, 0.5) is 11.4 Å². The van der Waals surface area contributed by atoms with Crippen LogP contribution in [0.15, 0.2) is 39.9 Å². The molecule has 8 nitrogen and oxygen atoms in total. The van der Waals surface area contributed by atoms with Crippen molar-refractivity contribution in [3.05, 3.63) is 39.8 Å². The van der Waals surface area contributed by atoms with E-state index in [1.807, 2.05) is 0 Å². The van der Waals surface area contributed by atoms with Crippen LogP contribution in [0.2, 0.25) is 0 Å². The van der Waals surface area contributed by atoms with Crippen LogP contribution < -0.4 is 0 Å². The standard InChI is InChI=1S/C11H11N3O5/c1-6(15)11(7(2)16)13-12-9-4-3-8(14(18)19)5-10(9)17/h3-5,15,17H,1-2H3/b11-6+,13-12?. The summed E-state index contributed by atoms with van der Waals surface area (Å²) in [4.78, 5) is 20.9. The first-order valence-electron chi connectivity index (χ1n) is 5.13. The Morgan fingerprint density at radius 1 is 1.37 bits per heavy atom. The van der Waals surface area contributed by atoms with Gasteiger partial charge in [0, 0.05) is 13.0 Å². The molecule has 0 saturated carbocycles. The second-order valence-corrected chi connectivity index (χ2v) is 3.62. The molecule has 8 heteroatoms. The molecular formula is C11H11N3O5. The molecule has 0 radical (unpaired) electrons. The van der Waals surface area contributed by atoms with Crippen LogP contribution in [0.25, 0.3) is 0 Å². The Balaban J connectivity index is 3.10. The van der Waals surface area contributed by atoms with E-state index in [9.17, 15) is 25.1 Å². The maximum Gasteiger partial charge on any atom is 0.273 e. The number of Topliss-reactive ketones (excluding diaryl/α,β-unsaturated/α-hetero) is 1. The molecule has 0 saturated heterocycles. The fraction of sp³-hybridized carbons (Fsp3) is 0.182. The molecule has 0 spiro atoms. The van der Waals surface area contributed by atoms with E-state index in [2.05, 4.69) is 10.2 Å². The summed E-state index contributed by atoms with van der Waals surface area (Å²) < 4.78 is 0. The average molecular weight is 265 g/mol. The van der Waals surface area contributed by atoms with Crippen molar-refractivity contribution in [1.82, 2.24) is 0 Å². The second kappa shape index (κ2) is 5.71. The molecule has 0 atom stereocenters. The van der Waals surface area contributed by atoms with Gasteiger partial charge in [0.1, 0.15) is 17.2 Å². The van der Waals surface area contributed by atoms with Gasteiger partial charge >= 0.3 is 0 Å². The summed E-state index contributed by atoms with van der Waals surface area (Å²) in [7, 11) is 0. The van der Waals surface area contributed by atoms with Crippen molar-refractivity contribution in [3.63, 3.8) is 0 Å². The molecule has 0 aliphatic carbocycles. The van der Waals surface area contributed by atoms with Gasteiger partial charge in [-0.2, -0.15) is 0 Å². The molecule has 0 aromatic heterocycles. The number of hydrogen-bond acceptors (Lipinski definition) is 7. The van der Waals surface area contributed by atoms with Crippen LogP contribution in [0.1, 0.15) is 13.8 Å². The number of nitrogens with zero attached hydrogens (tertiary/aromatic N) is 3. The predicted octanol–water partition coefficient (Wildman–Crippen LogP) is 2.76.